The molecule has 1 nitrogen and oxygen atoms in total. The van der Waals surface area contributed by atoms with Crippen molar-refractivity contribution in [3.05, 3.63) is 102 Å². The van der Waals surface area contributed by atoms with Gasteiger partial charge in [-0.15, -0.1) is 0 Å². The van der Waals surface area contributed by atoms with Gasteiger partial charge in [0, 0.05) is 0 Å². The molecule has 0 aliphatic heterocycles. The van der Waals surface area contributed by atoms with Crippen molar-refractivity contribution in [3.63, 3.8) is 0 Å². The Morgan fingerprint density at radius 2 is 1.08 bits per heavy atom. The molecule has 124 valence electrons. The molecule has 1 aliphatic carbocycles. The Hall–Kier alpha value is -3.32. The van der Waals surface area contributed by atoms with Gasteiger partial charge in [-0.2, -0.15) is 0 Å². The van der Waals surface area contributed by atoms with E-state index in [-0.39, 0.29) is 0 Å². The molecule has 0 saturated heterocycles. The predicted molar refractivity (Wildman–Crippen MR) is 107 cm³/mol. The van der Waals surface area contributed by atoms with Crippen molar-refractivity contribution in [1.29, 1.82) is 0 Å². The predicted octanol–water partition coefficient (Wildman–Crippen LogP) is 6.30. The third-order valence-corrected chi connectivity index (χ3v) is 5.25. The summed E-state index contributed by atoms with van der Waals surface area (Å²) in [6.45, 7) is 0. The molecule has 0 fully saturated rings. The second-order valence-electron chi connectivity index (χ2n) is 6.76. The van der Waals surface area contributed by atoms with Gasteiger partial charge in [0.05, 0.1) is 0 Å². The van der Waals surface area contributed by atoms with Gasteiger partial charge in [0.15, 0.2) is 0 Å². The zero-order chi connectivity index (χ0) is 17.5. The first-order valence-corrected chi connectivity index (χ1v) is 8.90. The van der Waals surface area contributed by atoms with E-state index in [9.17, 15) is 5.11 Å². The molecule has 26 heavy (non-hydrogen) atoms. The molecule has 1 N–H and O–H groups in total. The van der Waals surface area contributed by atoms with E-state index in [0.717, 1.165) is 12.0 Å². The molecule has 0 spiro atoms. The molecule has 0 amide bonds. The van der Waals surface area contributed by atoms with Crippen LogP contribution in [0.2, 0.25) is 0 Å². The van der Waals surface area contributed by atoms with Crippen LogP contribution in [0.25, 0.3) is 33.4 Å². The molecule has 0 aromatic heterocycles. The summed E-state index contributed by atoms with van der Waals surface area (Å²) in [5.41, 5.74) is 10.3. The fraction of sp³-hybridized carbons (Fsp3) is 0.0400. The van der Waals surface area contributed by atoms with Crippen molar-refractivity contribution < 1.29 is 5.11 Å². The number of phenols is 1. The molecule has 0 atom stereocenters. The van der Waals surface area contributed by atoms with Gasteiger partial charge >= 0.3 is 0 Å². The first-order chi connectivity index (χ1) is 12.8. The summed E-state index contributed by atoms with van der Waals surface area (Å²) in [7, 11) is 0. The van der Waals surface area contributed by atoms with Crippen molar-refractivity contribution in [1.82, 2.24) is 0 Å². The second kappa shape index (κ2) is 5.89. The van der Waals surface area contributed by atoms with E-state index in [1.165, 1.54) is 38.9 Å². The van der Waals surface area contributed by atoms with E-state index >= 15 is 0 Å². The summed E-state index contributed by atoms with van der Waals surface area (Å²) >= 11 is 0. The summed E-state index contributed by atoms with van der Waals surface area (Å²) in [6, 6.07) is 31.3. The summed E-state index contributed by atoms with van der Waals surface area (Å²) in [5, 5.41) is 9.62. The van der Waals surface area contributed by atoms with E-state index in [2.05, 4.69) is 66.7 Å². The number of rotatable bonds is 2. The van der Waals surface area contributed by atoms with Crippen LogP contribution >= 0.6 is 0 Å². The van der Waals surface area contributed by atoms with Crippen LogP contribution < -0.4 is 0 Å². The van der Waals surface area contributed by atoms with Crippen LogP contribution in [-0.4, -0.2) is 5.11 Å². The van der Waals surface area contributed by atoms with Crippen LogP contribution in [0.3, 0.4) is 0 Å². The van der Waals surface area contributed by atoms with Crippen LogP contribution in [-0.2, 0) is 6.42 Å². The van der Waals surface area contributed by atoms with Crippen molar-refractivity contribution in [3.8, 4) is 39.1 Å². The largest absolute Gasteiger partial charge is 0.508 e. The van der Waals surface area contributed by atoms with Gasteiger partial charge in [-0.25, -0.2) is 0 Å². The maximum Gasteiger partial charge on any atom is 0.115 e. The summed E-state index contributed by atoms with van der Waals surface area (Å²) in [5.74, 6) is 0.294. The van der Waals surface area contributed by atoms with Crippen molar-refractivity contribution in [2.24, 2.45) is 0 Å². The maximum absolute atomic E-state index is 9.62. The maximum atomic E-state index is 9.62. The SMILES string of the molecule is Oc1ccc(-c2ccccc2-c2cccc3c2Cc2ccccc2-3)cc1. The van der Waals surface area contributed by atoms with Gasteiger partial charge in [0.1, 0.15) is 5.75 Å². The number of benzene rings is 4. The first kappa shape index (κ1) is 15.0. The van der Waals surface area contributed by atoms with Crippen molar-refractivity contribution in [2.75, 3.05) is 0 Å². The summed E-state index contributed by atoms with van der Waals surface area (Å²) in [6.07, 6.45) is 0.978. The lowest BCUT2D eigenvalue weighted by molar-refractivity contribution is 0.475. The average molecular weight is 334 g/mol. The minimum Gasteiger partial charge on any atom is -0.508 e. The highest BCUT2D eigenvalue weighted by atomic mass is 16.3. The lowest BCUT2D eigenvalue weighted by Gasteiger charge is -2.14. The highest BCUT2D eigenvalue weighted by Gasteiger charge is 2.22. The summed E-state index contributed by atoms with van der Waals surface area (Å²) < 4.78 is 0. The van der Waals surface area contributed by atoms with Crippen LogP contribution in [0.15, 0.2) is 91.0 Å². The molecule has 1 heteroatoms. The molecule has 4 aromatic carbocycles. The number of phenolic OH excluding ortho intramolecular Hbond substituents is 1. The number of fused-ring (bicyclic) bond motifs is 3. The van der Waals surface area contributed by atoms with Gasteiger partial charge in [-0.3, -0.25) is 0 Å². The Balaban J connectivity index is 1.71. The molecule has 0 unspecified atom stereocenters. The molecular formula is C25H18O. The molecule has 5 rings (SSSR count). The Bertz CT molecular complexity index is 1110. The number of aromatic hydroxyl groups is 1. The Morgan fingerprint density at radius 1 is 0.500 bits per heavy atom. The topological polar surface area (TPSA) is 20.2 Å². The third-order valence-electron chi connectivity index (χ3n) is 5.25. The second-order valence-corrected chi connectivity index (χ2v) is 6.76. The zero-order valence-electron chi connectivity index (χ0n) is 14.3. The quantitative estimate of drug-likeness (QED) is 0.402. The monoisotopic (exact) mass is 334 g/mol. The molecule has 0 radical (unpaired) electrons. The van der Waals surface area contributed by atoms with Crippen molar-refractivity contribution >= 4 is 0 Å². The van der Waals surface area contributed by atoms with Gasteiger partial charge in [-0.1, -0.05) is 78.9 Å². The van der Waals surface area contributed by atoms with Gasteiger partial charge in [0.2, 0.25) is 0 Å². The van der Waals surface area contributed by atoms with Crippen LogP contribution in [0.5, 0.6) is 5.75 Å². The Kier molecular flexibility index (Phi) is 3.39. The molecule has 1 aliphatic rings. The molecule has 0 saturated carbocycles. The fourth-order valence-corrected chi connectivity index (χ4v) is 4.02. The smallest absolute Gasteiger partial charge is 0.115 e. The minimum atomic E-state index is 0.294. The molecule has 4 aromatic rings. The highest BCUT2D eigenvalue weighted by Crippen LogP contribution is 2.43. The first-order valence-electron chi connectivity index (χ1n) is 8.90. The normalized spacial score (nSPS) is 11.8. The Labute approximate surface area is 153 Å². The number of hydrogen-bond donors (Lipinski definition) is 1. The van der Waals surface area contributed by atoms with Gasteiger partial charge in [0.25, 0.3) is 0 Å². The highest BCUT2D eigenvalue weighted by molar-refractivity contribution is 5.90. The van der Waals surface area contributed by atoms with E-state index < -0.39 is 0 Å². The standard InChI is InChI=1S/C25H18O/c26-19-14-12-17(13-15-19)20-7-3-4-9-22(20)24-11-5-10-23-21-8-2-1-6-18(21)16-25(23)24/h1-15,26H,16H2. The summed E-state index contributed by atoms with van der Waals surface area (Å²) in [4.78, 5) is 0. The van der Waals surface area contributed by atoms with E-state index in [4.69, 9.17) is 0 Å². The fourth-order valence-electron chi connectivity index (χ4n) is 4.02. The van der Waals surface area contributed by atoms with Crippen LogP contribution in [0.4, 0.5) is 0 Å². The lowest BCUT2D eigenvalue weighted by Crippen LogP contribution is -1.91. The molecular weight excluding hydrogens is 316 g/mol. The number of hydrogen-bond acceptors (Lipinski definition) is 1. The van der Waals surface area contributed by atoms with Crippen LogP contribution in [0, 0.1) is 0 Å². The minimum absolute atomic E-state index is 0.294. The third kappa shape index (κ3) is 2.33. The Morgan fingerprint density at radius 3 is 1.85 bits per heavy atom. The average Bonchev–Trinajstić information content (AvgIpc) is 3.07. The zero-order valence-corrected chi connectivity index (χ0v) is 14.3. The van der Waals surface area contributed by atoms with E-state index in [0.29, 0.717) is 5.75 Å². The van der Waals surface area contributed by atoms with E-state index in [1.807, 2.05) is 12.1 Å². The van der Waals surface area contributed by atoms with Crippen LogP contribution in [0.1, 0.15) is 11.1 Å². The van der Waals surface area contributed by atoms with E-state index in [1.54, 1.807) is 12.1 Å². The van der Waals surface area contributed by atoms with Gasteiger partial charge in [-0.05, 0) is 63.1 Å². The lowest BCUT2D eigenvalue weighted by atomic mass is 9.90. The molecule has 0 heterocycles. The molecule has 0 bridgehead atoms. The van der Waals surface area contributed by atoms with Crippen molar-refractivity contribution in [2.45, 2.75) is 6.42 Å². The van der Waals surface area contributed by atoms with Gasteiger partial charge < -0.3 is 5.11 Å².